The molecule has 1 aromatic heterocycles. The first-order valence-corrected chi connectivity index (χ1v) is 11.6. The molecule has 5 heteroatoms. The number of phenols is 2. The van der Waals surface area contributed by atoms with Crippen LogP contribution < -0.4 is 0 Å². The van der Waals surface area contributed by atoms with E-state index in [9.17, 15) is 15.0 Å². The van der Waals surface area contributed by atoms with Gasteiger partial charge in [-0.2, -0.15) is 0 Å². The number of aromatic hydroxyl groups is 2. The lowest BCUT2D eigenvalue weighted by molar-refractivity contribution is 0.0909. The topological polar surface area (TPSA) is 76.6 Å². The number of para-hydroxylation sites is 1. The van der Waals surface area contributed by atoms with Gasteiger partial charge >= 0.3 is 0 Å². The lowest BCUT2D eigenvalue weighted by Crippen LogP contribution is -2.55. The number of nitrogens with one attached hydrogen (secondary N) is 1. The van der Waals surface area contributed by atoms with Crippen molar-refractivity contribution < 1.29 is 15.0 Å². The minimum Gasteiger partial charge on any atom is -0.508 e. The van der Waals surface area contributed by atoms with E-state index in [2.05, 4.69) is 37.6 Å². The Balaban J connectivity index is 1.73. The van der Waals surface area contributed by atoms with Crippen molar-refractivity contribution in [3.63, 3.8) is 0 Å². The molecule has 0 aliphatic carbocycles. The van der Waals surface area contributed by atoms with Crippen molar-refractivity contribution in [1.29, 1.82) is 0 Å². The van der Waals surface area contributed by atoms with Crippen LogP contribution in [0, 0.1) is 11.8 Å². The first-order chi connectivity index (χ1) is 15.7. The lowest BCUT2D eigenvalue weighted by Gasteiger charge is -2.54. The van der Waals surface area contributed by atoms with Gasteiger partial charge < -0.3 is 20.1 Å². The second kappa shape index (κ2) is 7.55. The Bertz CT molecular complexity index is 1330. The highest BCUT2D eigenvalue weighted by Gasteiger charge is 2.51. The summed E-state index contributed by atoms with van der Waals surface area (Å²) in [5.41, 5.74) is 5.07. The smallest absolute Gasteiger partial charge is 0.198 e. The molecule has 2 aliphatic rings. The van der Waals surface area contributed by atoms with E-state index in [1.54, 1.807) is 30.3 Å². The number of aromatic amines is 1. The van der Waals surface area contributed by atoms with Crippen molar-refractivity contribution in [1.82, 2.24) is 9.88 Å². The molecule has 33 heavy (non-hydrogen) atoms. The van der Waals surface area contributed by atoms with Crippen LogP contribution in [0.25, 0.3) is 10.9 Å². The maximum absolute atomic E-state index is 13.4. The van der Waals surface area contributed by atoms with Gasteiger partial charge in [0.1, 0.15) is 17.0 Å². The van der Waals surface area contributed by atoms with Crippen LogP contribution in [0.2, 0.25) is 0 Å². The molecule has 2 aromatic carbocycles. The molecule has 0 spiro atoms. The summed E-state index contributed by atoms with van der Waals surface area (Å²) in [4.78, 5) is 19.4. The summed E-state index contributed by atoms with van der Waals surface area (Å²) in [5, 5.41) is 21.5. The van der Waals surface area contributed by atoms with Crippen LogP contribution in [-0.2, 0) is 12.0 Å². The van der Waals surface area contributed by atoms with Crippen molar-refractivity contribution in [2.45, 2.75) is 39.7 Å². The zero-order chi connectivity index (χ0) is 23.5. The number of phenolic OH excluding ortho intramolecular Hbond substituents is 2. The third-order valence-corrected chi connectivity index (χ3v) is 7.24. The van der Waals surface area contributed by atoms with E-state index in [1.165, 1.54) is 11.1 Å². The van der Waals surface area contributed by atoms with Crippen LogP contribution in [0.3, 0.4) is 0 Å². The Morgan fingerprint density at radius 2 is 1.85 bits per heavy atom. The van der Waals surface area contributed by atoms with E-state index in [4.69, 9.17) is 0 Å². The molecule has 0 saturated carbocycles. The fourth-order valence-corrected chi connectivity index (χ4v) is 5.84. The van der Waals surface area contributed by atoms with Crippen molar-refractivity contribution >= 4 is 16.7 Å². The Hall–Kier alpha value is -3.47. The predicted molar refractivity (Wildman–Crippen MR) is 130 cm³/mol. The van der Waals surface area contributed by atoms with E-state index in [1.807, 2.05) is 24.4 Å². The van der Waals surface area contributed by atoms with Gasteiger partial charge in [0, 0.05) is 34.9 Å². The van der Waals surface area contributed by atoms with E-state index in [-0.39, 0.29) is 29.1 Å². The van der Waals surface area contributed by atoms with Gasteiger partial charge in [0.15, 0.2) is 5.78 Å². The van der Waals surface area contributed by atoms with Crippen LogP contribution in [0.4, 0.5) is 0 Å². The van der Waals surface area contributed by atoms with Gasteiger partial charge in [0.05, 0.1) is 5.56 Å². The van der Waals surface area contributed by atoms with Gasteiger partial charge in [0.25, 0.3) is 0 Å². The molecule has 0 fully saturated rings. The molecule has 5 rings (SSSR count). The summed E-state index contributed by atoms with van der Waals surface area (Å²) in [6.07, 6.45) is 4.83. The number of hydrogen-bond acceptors (Lipinski definition) is 4. The monoisotopic (exact) mass is 442 g/mol. The number of Topliss-reactive ketones (excluding diaryl/α,β-unsaturated/α-hetero) is 1. The summed E-state index contributed by atoms with van der Waals surface area (Å²) in [6, 6.07) is 12.2. The van der Waals surface area contributed by atoms with Gasteiger partial charge in [-0.15, -0.1) is 0 Å². The number of rotatable bonds is 4. The van der Waals surface area contributed by atoms with Gasteiger partial charge in [-0.1, -0.05) is 39.8 Å². The zero-order valence-electron chi connectivity index (χ0n) is 19.5. The van der Waals surface area contributed by atoms with Crippen LogP contribution in [0.5, 0.6) is 11.5 Å². The quantitative estimate of drug-likeness (QED) is 0.456. The highest BCUT2D eigenvalue weighted by Crippen LogP contribution is 2.52. The number of hydrogen-bond donors (Lipinski definition) is 3. The first-order valence-electron chi connectivity index (χ1n) is 11.6. The van der Waals surface area contributed by atoms with Crippen LogP contribution in [0.15, 0.2) is 65.9 Å². The van der Waals surface area contributed by atoms with Crippen LogP contribution >= 0.6 is 0 Å². The van der Waals surface area contributed by atoms with Crippen molar-refractivity contribution in [2.24, 2.45) is 11.8 Å². The fraction of sp³-hybridized carbons (Fsp3) is 0.321. The molecular formula is C28H30N2O3. The Morgan fingerprint density at radius 3 is 2.55 bits per heavy atom. The van der Waals surface area contributed by atoms with E-state index in [0.29, 0.717) is 11.1 Å². The molecule has 1 atom stereocenters. The average Bonchev–Trinajstić information content (AvgIpc) is 3.16. The van der Waals surface area contributed by atoms with E-state index in [0.717, 1.165) is 29.6 Å². The summed E-state index contributed by atoms with van der Waals surface area (Å²) < 4.78 is 0. The molecule has 1 unspecified atom stereocenters. The van der Waals surface area contributed by atoms with Gasteiger partial charge in [-0.25, -0.2) is 0 Å². The maximum atomic E-state index is 13.4. The number of H-pyrrole nitrogens is 1. The van der Waals surface area contributed by atoms with E-state index < -0.39 is 5.54 Å². The highest BCUT2D eigenvalue weighted by atomic mass is 16.3. The molecule has 170 valence electrons. The number of benzene rings is 2. The maximum Gasteiger partial charge on any atom is 0.198 e. The van der Waals surface area contributed by atoms with Crippen molar-refractivity contribution in [3.05, 3.63) is 82.7 Å². The highest BCUT2D eigenvalue weighted by molar-refractivity contribution is 6.12. The number of allylic oxidation sites excluding steroid dienone is 2. The van der Waals surface area contributed by atoms with Crippen molar-refractivity contribution in [3.8, 4) is 11.5 Å². The molecule has 0 amide bonds. The van der Waals surface area contributed by atoms with Gasteiger partial charge in [0.2, 0.25) is 0 Å². The molecule has 2 aliphatic heterocycles. The standard InChI is InChI=1S/C28H30N2O3/c1-16(2)23-13-18(26(33)21-7-5-6-8-25(21)32)15-30-12-11-20-22-14-19(31)9-10-24(22)29-27(20)28(23,30)17(3)4/h5-10,13-17,29,31-32H,11-12H2,1-4H3. The first kappa shape index (κ1) is 21.4. The van der Waals surface area contributed by atoms with Crippen LogP contribution in [-0.4, -0.2) is 32.4 Å². The Kier molecular flexibility index (Phi) is 4.89. The number of carbonyl (C=O) groups is 1. The molecule has 0 radical (unpaired) electrons. The number of ketones is 1. The molecule has 0 bridgehead atoms. The minimum absolute atomic E-state index is 0.0000474. The molecule has 3 N–H and O–H groups in total. The zero-order valence-corrected chi connectivity index (χ0v) is 19.5. The van der Waals surface area contributed by atoms with Crippen LogP contribution in [0.1, 0.15) is 49.3 Å². The normalized spacial score (nSPS) is 20.0. The summed E-state index contributed by atoms with van der Waals surface area (Å²) in [5.74, 6) is 0.520. The number of carbonyl (C=O) groups excluding carboxylic acids is 1. The predicted octanol–water partition coefficient (Wildman–Crippen LogP) is 5.65. The summed E-state index contributed by atoms with van der Waals surface area (Å²) in [7, 11) is 0. The van der Waals surface area contributed by atoms with E-state index >= 15 is 0 Å². The number of nitrogens with zero attached hydrogens (tertiary/aromatic N) is 1. The molecular weight excluding hydrogens is 412 g/mol. The third-order valence-electron chi connectivity index (χ3n) is 7.24. The molecule has 0 saturated heterocycles. The lowest BCUT2D eigenvalue weighted by atomic mass is 9.66. The second-order valence-electron chi connectivity index (χ2n) is 9.76. The molecule has 5 nitrogen and oxygen atoms in total. The largest absolute Gasteiger partial charge is 0.508 e. The van der Waals surface area contributed by atoms with Gasteiger partial charge in [-0.3, -0.25) is 4.79 Å². The minimum atomic E-state index is -0.418. The second-order valence-corrected chi connectivity index (χ2v) is 9.76. The molecule has 3 aromatic rings. The fourth-order valence-electron chi connectivity index (χ4n) is 5.84. The molecule has 3 heterocycles. The number of aromatic nitrogens is 1. The van der Waals surface area contributed by atoms with Gasteiger partial charge in [-0.05, 0) is 65.8 Å². The van der Waals surface area contributed by atoms with Crippen molar-refractivity contribution in [2.75, 3.05) is 6.54 Å². The Morgan fingerprint density at radius 1 is 1.09 bits per heavy atom. The Labute approximate surface area is 194 Å². The summed E-state index contributed by atoms with van der Waals surface area (Å²) in [6.45, 7) is 9.56. The SMILES string of the molecule is CC(C)C1=CC(C(=O)c2ccccc2O)=CN2CCc3c([nH]c4ccc(O)cc34)C12C(C)C. The average molecular weight is 443 g/mol. The summed E-state index contributed by atoms with van der Waals surface area (Å²) >= 11 is 0. The number of fused-ring (bicyclic) bond motifs is 5. The third kappa shape index (κ3) is 3.02.